The van der Waals surface area contributed by atoms with Crippen molar-refractivity contribution >= 4 is 21.7 Å². The fraction of sp³-hybridized carbons (Fsp3) is 0.143. The van der Waals surface area contributed by atoms with E-state index in [1.54, 1.807) is 0 Å². The van der Waals surface area contributed by atoms with E-state index in [2.05, 4.69) is 72.9 Å². The molecule has 1 aromatic heterocycles. The fourth-order valence-electron chi connectivity index (χ4n) is 3.83. The van der Waals surface area contributed by atoms with Crippen LogP contribution in [0.25, 0.3) is 32.9 Å². The molecule has 1 aliphatic rings. The zero-order valence-corrected chi connectivity index (χ0v) is 13.9. The number of aromatic nitrogens is 2. The molecule has 2 heterocycles. The minimum atomic E-state index is 0.886. The fourth-order valence-corrected chi connectivity index (χ4v) is 3.83. The zero-order valence-electron chi connectivity index (χ0n) is 13.9. The first-order valence-corrected chi connectivity index (χ1v) is 8.13. The number of nitrogens with zero attached hydrogens (tertiary/aromatic N) is 2. The number of fused-ring (bicyclic) bond motifs is 3. The maximum atomic E-state index is 6.30. The van der Waals surface area contributed by atoms with E-state index in [-0.39, 0.29) is 0 Å². The first kappa shape index (κ1) is 13.5. The summed E-state index contributed by atoms with van der Waals surface area (Å²) in [6, 6.07) is 14.7. The topological polar surface area (TPSA) is 26.0 Å². The smallest absolute Gasteiger partial charge is 0.287 e. The summed E-state index contributed by atoms with van der Waals surface area (Å²) >= 11 is 0. The predicted octanol–water partition coefficient (Wildman–Crippen LogP) is 4.60. The van der Waals surface area contributed by atoms with Gasteiger partial charge in [-0.05, 0) is 47.3 Å². The molecular weight excluding hydrogens is 296 g/mol. The van der Waals surface area contributed by atoms with Gasteiger partial charge < -0.3 is 4.74 Å². The van der Waals surface area contributed by atoms with Crippen LogP contribution in [0.3, 0.4) is 0 Å². The molecule has 0 fully saturated rings. The molecule has 1 aliphatic heterocycles. The number of aryl methyl sites for hydroxylation is 3. The van der Waals surface area contributed by atoms with E-state index in [1.165, 1.54) is 33.2 Å². The van der Waals surface area contributed by atoms with Crippen molar-refractivity contribution in [2.24, 2.45) is 7.05 Å². The third kappa shape index (κ3) is 1.61. The van der Waals surface area contributed by atoms with Crippen LogP contribution in [-0.2, 0) is 7.05 Å². The molecule has 3 heteroatoms. The number of hydrogen-bond acceptors (Lipinski definition) is 2. The lowest BCUT2D eigenvalue weighted by Crippen LogP contribution is -2.33. The van der Waals surface area contributed by atoms with Crippen LogP contribution < -0.4 is 9.30 Å². The molecule has 3 aromatic carbocycles. The van der Waals surface area contributed by atoms with Gasteiger partial charge in [-0.1, -0.05) is 30.3 Å². The Labute approximate surface area is 140 Å². The lowest BCUT2D eigenvalue weighted by Gasteiger charge is -2.22. The highest BCUT2D eigenvalue weighted by Crippen LogP contribution is 2.48. The maximum Gasteiger partial charge on any atom is 0.287 e. The average molecular weight is 313 g/mol. The van der Waals surface area contributed by atoms with Crippen molar-refractivity contribution in [3.05, 3.63) is 59.9 Å². The number of rotatable bonds is 0. The van der Waals surface area contributed by atoms with Gasteiger partial charge in [0, 0.05) is 5.56 Å². The lowest BCUT2D eigenvalue weighted by molar-refractivity contribution is -0.662. The van der Waals surface area contributed by atoms with Gasteiger partial charge in [-0.25, -0.2) is 4.57 Å². The molecule has 0 saturated heterocycles. The van der Waals surface area contributed by atoms with Crippen LogP contribution in [0.1, 0.15) is 11.1 Å². The van der Waals surface area contributed by atoms with Crippen molar-refractivity contribution in [2.75, 3.05) is 0 Å². The highest BCUT2D eigenvalue weighted by molar-refractivity contribution is 6.04. The van der Waals surface area contributed by atoms with Crippen LogP contribution in [0.2, 0.25) is 0 Å². The van der Waals surface area contributed by atoms with Crippen molar-refractivity contribution in [2.45, 2.75) is 13.8 Å². The molecule has 5 rings (SSSR count). The Morgan fingerprint density at radius 3 is 2.71 bits per heavy atom. The Bertz CT molecular complexity index is 1160. The summed E-state index contributed by atoms with van der Waals surface area (Å²) in [5.41, 5.74) is 5.78. The summed E-state index contributed by atoms with van der Waals surface area (Å²) in [5.74, 6) is 1.81. The summed E-state index contributed by atoms with van der Waals surface area (Å²) in [7, 11) is 2.05. The van der Waals surface area contributed by atoms with Gasteiger partial charge in [0.25, 0.3) is 6.33 Å². The van der Waals surface area contributed by atoms with Crippen LogP contribution in [0.15, 0.2) is 48.8 Å². The Kier molecular flexibility index (Phi) is 2.55. The van der Waals surface area contributed by atoms with Crippen molar-refractivity contribution in [1.82, 2.24) is 4.98 Å². The molecule has 3 nitrogen and oxygen atoms in total. The number of ether oxygens (including phenoxy) is 1. The molecule has 4 aromatic rings. The average Bonchev–Trinajstić information content (AvgIpc) is 2.59. The van der Waals surface area contributed by atoms with Crippen LogP contribution in [-0.4, -0.2) is 4.98 Å². The van der Waals surface area contributed by atoms with E-state index in [9.17, 15) is 0 Å². The Morgan fingerprint density at radius 1 is 1.00 bits per heavy atom. The quantitative estimate of drug-likeness (QED) is 0.390. The third-order valence-electron chi connectivity index (χ3n) is 5.02. The monoisotopic (exact) mass is 313 g/mol. The Hall–Kier alpha value is -2.94. The lowest BCUT2D eigenvalue weighted by atomic mass is 9.92. The standard InChI is InChI=1S/C21H17N2O/c1-12-8-9-16-19-20(12)22-11-23(3)21(19)18-13(2)15-7-5-4-6-14(15)10-17(18)24-16/h4-11H,1-3H3/q+1. The van der Waals surface area contributed by atoms with Gasteiger partial charge in [-0.15, -0.1) is 0 Å². The second kappa shape index (κ2) is 4.54. The second-order valence-corrected chi connectivity index (χ2v) is 6.51. The normalized spacial score (nSPS) is 12.3. The molecule has 0 bridgehead atoms. The molecule has 24 heavy (non-hydrogen) atoms. The van der Waals surface area contributed by atoms with E-state index >= 15 is 0 Å². The summed E-state index contributed by atoms with van der Waals surface area (Å²) in [5, 5.41) is 3.57. The van der Waals surface area contributed by atoms with E-state index in [4.69, 9.17) is 4.74 Å². The minimum Gasteiger partial charge on any atom is -0.456 e. The molecule has 0 saturated carbocycles. The molecule has 0 unspecified atom stereocenters. The molecule has 0 spiro atoms. The molecular formula is C21H17N2O+. The summed E-state index contributed by atoms with van der Waals surface area (Å²) in [6.45, 7) is 4.27. The molecule has 0 radical (unpaired) electrons. The first-order chi connectivity index (χ1) is 11.6. The van der Waals surface area contributed by atoms with Crippen LogP contribution in [0.4, 0.5) is 0 Å². The van der Waals surface area contributed by atoms with Crippen molar-refractivity contribution in [3.8, 4) is 22.8 Å². The van der Waals surface area contributed by atoms with Gasteiger partial charge >= 0.3 is 0 Å². The van der Waals surface area contributed by atoms with Gasteiger partial charge in [0.05, 0.1) is 12.6 Å². The van der Waals surface area contributed by atoms with E-state index in [0.717, 1.165) is 22.4 Å². The molecule has 0 aliphatic carbocycles. The largest absolute Gasteiger partial charge is 0.456 e. The van der Waals surface area contributed by atoms with E-state index in [1.807, 2.05) is 6.33 Å². The second-order valence-electron chi connectivity index (χ2n) is 6.51. The predicted molar refractivity (Wildman–Crippen MR) is 95.4 cm³/mol. The van der Waals surface area contributed by atoms with Crippen molar-refractivity contribution in [3.63, 3.8) is 0 Å². The number of hydrogen-bond donors (Lipinski definition) is 0. The first-order valence-electron chi connectivity index (χ1n) is 8.13. The highest BCUT2D eigenvalue weighted by atomic mass is 16.5. The zero-order chi connectivity index (χ0) is 16.4. The van der Waals surface area contributed by atoms with Gasteiger partial charge in [0.1, 0.15) is 16.9 Å². The van der Waals surface area contributed by atoms with Crippen molar-refractivity contribution < 1.29 is 9.30 Å². The molecule has 116 valence electrons. The molecule has 0 amide bonds. The minimum absolute atomic E-state index is 0.886. The van der Waals surface area contributed by atoms with Gasteiger partial charge in [-0.2, -0.15) is 0 Å². The SMILES string of the molecule is Cc1c2c(cc3ccccc13)Oc1ccc(C)c3nc[n+](C)c-2c13. The van der Waals surface area contributed by atoms with Crippen LogP contribution in [0, 0.1) is 13.8 Å². The van der Waals surface area contributed by atoms with Gasteiger partial charge in [-0.3, -0.25) is 0 Å². The van der Waals surface area contributed by atoms with Gasteiger partial charge in [0.15, 0.2) is 11.2 Å². The van der Waals surface area contributed by atoms with Crippen molar-refractivity contribution in [1.29, 1.82) is 0 Å². The highest BCUT2D eigenvalue weighted by Gasteiger charge is 2.29. The maximum absolute atomic E-state index is 6.30. The molecule has 0 N–H and O–H groups in total. The van der Waals surface area contributed by atoms with E-state index in [0.29, 0.717) is 0 Å². The van der Waals surface area contributed by atoms with Gasteiger partial charge in [0.2, 0.25) is 0 Å². The molecule has 0 atom stereocenters. The van der Waals surface area contributed by atoms with Crippen LogP contribution in [0.5, 0.6) is 11.5 Å². The summed E-state index contributed by atoms with van der Waals surface area (Å²) < 4.78 is 8.40. The summed E-state index contributed by atoms with van der Waals surface area (Å²) in [4.78, 5) is 4.63. The number of benzene rings is 3. The Morgan fingerprint density at radius 2 is 1.83 bits per heavy atom. The third-order valence-corrected chi connectivity index (χ3v) is 5.02. The van der Waals surface area contributed by atoms with E-state index < -0.39 is 0 Å². The van der Waals surface area contributed by atoms with Crippen LogP contribution >= 0.6 is 0 Å². The Balaban J connectivity index is 2.02. The summed E-state index contributed by atoms with van der Waals surface area (Å²) in [6.07, 6.45) is 1.90.